The van der Waals surface area contributed by atoms with E-state index in [-0.39, 0.29) is 23.9 Å². The van der Waals surface area contributed by atoms with Crippen LogP contribution in [-0.4, -0.2) is 31.9 Å². The van der Waals surface area contributed by atoms with Crippen molar-refractivity contribution in [3.05, 3.63) is 42.5 Å². The number of nitrogens with zero attached hydrogens (tertiary/aromatic N) is 1. The fraction of sp³-hybridized carbons (Fsp3) is 0.412. The molecule has 4 nitrogen and oxygen atoms in total. The third-order valence-electron chi connectivity index (χ3n) is 4.64. The van der Waals surface area contributed by atoms with Gasteiger partial charge in [0.05, 0.1) is 4.90 Å². The van der Waals surface area contributed by atoms with Crippen molar-refractivity contribution < 1.29 is 8.42 Å². The molecule has 0 saturated carbocycles. The zero-order valence-corrected chi connectivity index (χ0v) is 15.0. The van der Waals surface area contributed by atoms with Gasteiger partial charge in [0.15, 0.2) is 0 Å². The molecule has 1 atom stereocenters. The van der Waals surface area contributed by atoms with Crippen LogP contribution in [0.5, 0.6) is 0 Å². The molecule has 0 bridgehead atoms. The van der Waals surface area contributed by atoms with Gasteiger partial charge in [0.1, 0.15) is 0 Å². The quantitative estimate of drug-likeness (QED) is 0.901. The number of sulfonamides is 1. The summed E-state index contributed by atoms with van der Waals surface area (Å²) in [4.78, 5) is 0.359. The van der Waals surface area contributed by atoms with Crippen molar-refractivity contribution in [2.75, 3.05) is 13.1 Å². The van der Waals surface area contributed by atoms with Crippen LogP contribution in [0.4, 0.5) is 0 Å². The molecular formula is C17H23ClN2O2S. The average molecular weight is 355 g/mol. The molecule has 0 aromatic heterocycles. The topological polar surface area (TPSA) is 63.4 Å². The van der Waals surface area contributed by atoms with E-state index >= 15 is 0 Å². The Morgan fingerprint density at radius 1 is 1.13 bits per heavy atom. The highest BCUT2D eigenvalue weighted by Crippen LogP contribution is 2.31. The predicted molar refractivity (Wildman–Crippen MR) is 96.3 cm³/mol. The molecule has 126 valence electrons. The molecule has 2 aromatic carbocycles. The maximum atomic E-state index is 12.9. The Bertz CT molecular complexity index is 805. The highest BCUT2D eigenvalue weighted by molar-refractivity contribution is 7.89. The summed E-state index contributed by atoms with van der Waals surface area (Å²) in [6, 6.07) is 13.1. The van der Waals surface area contributed by atoms with Gasteiger partial charge in [-0.1, -0.05) is 44.2 Å². The van der Waals surface area contributed by atoms with E-state index in [4.69, 9.17) is 5.73 Å². The second kappa shape index (κ2) is 6.40. The fourth-order valence-electron chi connectivity index (χ4n) is 3.01. The van der Waals surface area contributed by atoms with Crippen molar-refractivity contribution in [3.8, 4) is 0 Å². The normalized spacial score (nSPS) is 21.8. The molecule has 3 rings (SSSR count). The summed E-state index contributed by atoms with van der Waals surface area (Å²) in [5.41, 5.74) is 5.90. The molecule has 1 aliphatic heterocycles. The number of rotatable bonds is 2. The summed E-state index contributed by atoms with van der Waals surface area (Å²) in [6.07, 6.45) is 0.694. The lowest BCUT2D eigenvalue weighted by atomic mass is 9.81. The van der Waals surface area contributed by atoms with Crippen LogP contribution in [0.25, 0.3) is 10.8 Å². The van der Waals surface area contributed by atoms with Gasteiger partial charge in [-0.05, 0) is 34.7 Å². The third-order valence-corrected chi connectivity index (χ3v) is 6.48. The minimum atomic E-state index is -3.47. The molecular weight excluding hydrogens is 332 g/mol. The summed E-state index contributed by atoms with van der Waals surface area (Å²) in [5.74, 6) is 0. The minimum absolute atomic E-state index is 0. The number of benzene rings is 2. The molecule has 2 N–H and O–H groups in total. The van der Waals surface area contributed by atoms with Gasteiger partial charge in [-0.25, -0.2) is 8.42 Å². The van der Waals surface area contributed by atoms with E-state index in [1.807, 2.05) is 44.2 Å². The third kappa shape index (κ3) is 3.38. The summed E-state index contributed by atoms with van der Waals surface area (Å²) in [5, 5.41) is 1.99. The summed E-state index contributed by atoms with van der Waals surface area (Å²) < 4.78 is 27.4. The van der Waals surface area contributed by atoms with Crippen molar-refractivity contribution in [3.63, 3.8) is 0 Å². The molecule has 1 aliphatic rings. The van der Waals surface area contributed by atoms with Gasteiger partial charge in [-0.2, -0.15) is 4.31 Å². The molecule has 0 aliphatic carbocycles. The number of hydrogen-bond donors (Lipinski definition) is 1. The fourth-order valence-corrected chi connectivity index (χ4v) is 4.67. The second-order valence-corrected chi connectivity index (χ2v) is 8.67. The van der Waals surface area contributed by atoms with Crippen LogP contribution < -0.4 is 5.73 Å². The zero-order chi connectivity index (χ0) is 16.0. The van der Waals surface area contributed by atoms with Gasteiger partial charge in [-0.3, -0.25) is 0 Å². The first-order valence-corrected chi connectivity index (χ1v) is 8.99. The van der Waals surface area contributed by atoms with Crippen molar-refractivity contribution in [1.82, 2.24) is 4.31 Å². The smallest absolute Gasteiger partial charge is 0.243 e. The number of halogens is 1. The molecule has 0 spiro atoms. The van der Waals surface area contributed by atoms with Gasteiger partial charge in [-0.15, -0.1) is 12.4 Å². The van der Waals surface area contributed by atoms with Crippen LogP contribution in [0, 0.1) is 5.41 Å². The second-order valence-electron chi connectivity index (χ2n) is 6.73. The first-order valence-electron chi connectivity index (χ1n) is 7.55. The number of hydrogen-bond acceptors (Lipinski definition) is 3. The van der Waals surface area contributed by atoms with E-state index in [1.165, 1.54) is 0 Å². The van der Waals surface area contributed by atoms with Gasteiger partial charge in [0.2, 0.25) is 10.0 Å². The summed E-state index contributed by atoms with van der Waals surface area (Å²) >= 11 is 0. The Kier molecular flexibility index (Phi) is 5.06. The lowest BCUT2D eigenvalue weighted by Crippen LogP contribution is -2.53. The number of fused-ring (bicyclic) bond motifs is 1. The van der Waals surface area contributed by atoms with Crippen molar-refractivity contribution in [1.29, 1.82) is 0 Å². The van der Waals surface area contributed by atoms with E-state index in [2.05, 4.69) is 0 Å². The minimum Gasteiger partial charge on any atom is -0.327 e. The predicted octanol–water partition coefficient (Wildman–Crippen LogP) is 3.01. The monoisotopic (exact) mass is 354 g/mol. The number of nitrogens with two attached hydrogens (primary N) is 1. The van der Waals surface area contributed by atoms with E-state index in [9.17, 15) is 8.42 Å². The van der Waals surface area contributed by atoms with Crippen molar-refractivity contribution in [2.45, 2.75) is 31.2 Å². The molecule has 23 heavy (non-hydrogen) atoms. The maximum absolute atomic E-state index is 12.9. The Labute approximate surface area is 144 Å². The molecule has 6 heteroatoms. The van der Waals surface area contributed by atoms with Gasteiger partial charge < -0.3 is 5.73 Å². The summed E-state index contributed by atoms with van der Waals surface area (Å²) in [7, 11) is -3.47. The first-order chi connectivity index (χ1) is 10.3. The average Bonchev–Trinajstić information content (AvgIpc) is 2.49. The van der Waals surface area contributed by atoms with Crippen LogP contribution in [0.2, 0.25) is 0 Å². The van der Waals surface area contributed by atoms with E-state index in [0.29, 0.717) is 24.4 Å². The van der Waals surface area contributed by atoms with Gasteiger partial charge in [0.25, 0.3) is 0 Å². The van der Waals surface area contributed by atoms with Crippen molar-refractivity contribution in [2.24, 2.45) is 11.1 Å². The molecule has 1 saturated heterocycles. The molecule has 1 heterocycles. The van der Waals surface area contributed by atoms with Gasteiger partial charge in [0, 0.05) is 19.1 Å². The molecule has 2 aromatic rings. The lowest BCUT2D eigenvalue weighted by molar-refractivity contribution is 0.155. The molecule has 0 amide bonds. The Morgan fingerprint density at radius 2 is 1.78 bits per heavy atom. The van der Waals surface area contributed by atoms with E-state index in [1.54, 1.807) is 16.4 Å². The molecule has 1 fully saturated rings. The van der Waals surface area contributed by atoms with E-state index < -0.39 is 10.0 Å². The summed E-state index contributed by atoms with van der Waals surface area (Å²) in [6.45, 7) is 5.00. The zero-order valence-electron chi connectivity index (χ0n) is 13.4. The molecule has 0 radical (unpaired) electrons. The SMILES string of the molecule is CC1(C)CN(S(=O)(=O)c2ccc3ccccc3c2)CCC1N.Cl. The van der Waals surface area contributed by atoms with Crippen LogP contribution in [0.1, 0.15) is 20.3 Å². The van der Waals surface area contributed by atoms with Crippen LogP contribution in [-0.2, 0) is 10.0 Å². The lowest BCUT2D eigenvalue weighted by Gasteiger charge is -2.41. The number of piperidine rings is 1. The Hall–Kier alpha value is -1.14. The highest BCUT2D eigenvalue weighted by atomic mass is 35.5. The van der Waals surface area contributed by atoms with Gasteiger partial charge >= 0.3 is 0 Å². The highest BCUT2D eigenvalue weighted by Gasteiger charge is 2.38. The van der Waals surface area contributed by atoms with Crippen molar-refractivity contribution >= 4 is 33.2 Å². The van der Waals surface area contributed by atoms with Crippen LogP contribution >= 0.6 is 12.4 Å². The van der Waals surface area contributed by atoms with E-state index in [0.717, 1.165) is 10.8 Å². The standard InChI is InChI=1S/C17H22N2O2S.ClH/c1-17(2)12-19(10-9-16(17)18)22(20,21)15-8-7-13-5-3-4-6-14(13)11-15;/h3-8,11,16H,9-10,12,18H2,1-2H3;1H. The van der Waals surface area contributed by atoms with Crippen LogP contribution in [0.15, 0.2) is 47.4 Å². The molecule has 1 unspecified atom stereocenters. The Morgan fingerprint density at radius 3 is 2.43 bits per heavy atom. The largest absolute Gasteiger partial charge is 0.327 e. The van der Waals surface area contributed by atoms with Crippen LogP contribution in [0.3, 0.4) is 0 Å². The maximum Gasteiger partial charge on any atom is 0.243 e. The first kappa shape index (κ1) is 18.2. The Balaban J connectivity index is 0.00000192.